The standard InChI is InChI=1S/C12H13BrN2O5/c13-7-2-1-3-8(6-7)14-12(20)15-9(11(18)19)4-5-10(16)17/h1-3,6,9H,4-5H2,(H,16,17)(H,18,19)(H2,14,15,20)/t9-/m0/s1. The Balaban J connectivity index is 2.57. The molecular weight excluding hydrogens is 332 g/mol. The highest BCUT2D eigenvalue weighted by Gasteiger charge is 2.20. The van der Waals surface area contributed by atoms with Crippen molar-refractivity contribution in [1.29, 1.82) is 0 Å². The van der Waals surface area contributed by atoms with E-state index in [1.807, 2.05) is 0 Å². The van der Waals surface area contributed by atoms with E-state index in [4.69, 9.17) is 10.2 Å². The summed E-state index contributed by atoms with van der Waals surface area (Å²) < 4.78 is 0.760. The van der Waals surface area contributed by atoms with Crippen LogP contribution in [0.4, 0.5) is 10.5 Å². The Labute approximate surface area is 123 Å². The molecule has 0 unspecified atom stereocenters. The van der Waals surface area contributed by atoms with Gasteiger partial charge in [-0.3, -0.25) is 4.79 Å². The number of hydrogen-bond acceptors (Lipinski definition) is 3. The van der Waals surface area contributed by atoms with Crippen LogP contribution in [0.1, 0.15) is 12.8 Å². The van der Waals surface area contributed by atoms with Gasteiger partial charge in [0.2, 0.25) is 0 Å². The zero-order valence-corrected chi connectivity index (χ0v) is 11.9. The van der Waals surface area contributed by atoms with Gasteiger partial charge in [-0.15, -0.1) is 0 Å². The van der Waals surface area contributed by atoms with Crippen molar-refractivity contribution in [1.82, 2.24) is 5.32 Å². The number of halogens is 1. The fourth-order valence-electron chi connectivity index (χ4n) is 1.42. The monoisotopic (exact) mass is 344 g/mol. The van der Waals surface area contributed by atoms with E-state index in [1.165, 1.54) is 0 Å². The van der Waals surface area contributed by atoms with Crippen molar-refractivity contribution in [2.24, 2.45) is 0 Å². The predicted molar refractivity (Wildman–Crippen MR) is 74.6 cm³/mol. The van der Waals surface area contributed by atoms with Gasteiger partial charge in [0.15, 0.2) is 0 Å². The second kappa shape index (κ2) is 7.49. The van der Waals surface area contributed by atoms with Gasteiger partial charge >= 0.3 is 18.0 Å². The van der Waals surface area contributed by atoms with Crippen molar-refractivity contribution >= 4 is 39.6 Å². The van der Waals surface area contributed by atoms with Gasteiger partial charge in [0, 0.05) is 16.6 Å². The number of aliphatic carboxylic acids is 2. The van der Waals surface area contributed by atoms with Crippen molar-refractivity contribution < 1.29 is 24.6 Å². The molecule has 1 rings (SSSR count). The molecule has 0 radical (unpaired) electrons. The van der Waals surface area contributed by atoms with E-state index in [1.54, 1.807) is 24.3 Å². The maximum absolute atomic E-state index is 11.6. The van der Waals surface area contributed by atoms with E-state index in [9.17, 15) is 14.4 Å². The molecule has 1 aromatic carbocycles. The molecule has 108 valence electrons. The van der Waals surface area contributed by atoms with Crippen LogP contribution in [0.5, 0.6) is 0 Å². The van der Waals surface area contributed by atoms with E-state index in [2.05, 4.69) is 26.6 Å². The van der Waals surface area contributed by atoms with Gasteiger partial charge in [-0.2, -0.15) is 0 Å². The second-order valence-corrected chi connectivity index (χ2v) is 4.85. The fraction of sp³-hybridized carbons (Fsp3) is 0.250. The number of carboxylic acids is 2. The number of carboxylic acid groups (broad SMARTS) is 2. The van der Waals surface area contributed by atoms with E-state index < -0.39 is 24.0 Å². The summed E-state index contributed by atoms with van der Waals surface area (Å²) in [4.78, 5) is 33.0. The van der Waals surface area contributed by atoms with E-state index in [0.717, 1.165) is 4.47 Å². The van der Waals surface area contributed by atoms with E-state index in [-0.39, 0.29) is 12.8 Å². The number of rotatable bonds is 6. The third kappa shape index (κ3) is 5.70. The van der Waals surface area contributed by atoms with Crippen molar-refractivity contribution in [3.8, 4) is 0 Å². The predicted octanol–water partition coefficient (Wildman–Crippen LogP) is 1.89. The third-order valence-corrected chi connectivity index (χ3v) is 2.83. The molecule has 0 aliphatic carbocycles. The molecule has 1 atom stereocenters. The number of urea groups is 1. The Kier molecular flexibility index (Phi) is 5.98. The Morgan fingerprint density at radius 3 is 2.50 bits per heavy atom. The summed E-state index contributed by atoms with van der Waals surface area (Å²) in [6, 6.07) is 4.80. The molecule has 0 aliphatic heterocycles. The lowest BCUT2D eigenvalue weighted by Crippen LogP contribution is -2.43. The molecule has 4 N–H and O–H groups in total. The molecule has 0 bridgehead atoms. The molecule has 8 heteroatoms. The molecule has 0 spiro atoms. The van der Waals surface area contributed by atoms with Crippen molar-refractivity contribution in [3.05, 3.63) is 28.7 Å². The lowest BCUT2D eigenvalue weighted by Gasteiger charge is -2.14. The summed E-state index contributed by atoms with van der Waals surface area (Å²) in [5.74, 6) is -2.40. The minimum Gasteiger partial charge on any atom is -0.481 e. The zero-order valence-electron chi connectivity index (χ0n) is 10.3. The van der Waals surface area contributed by atoms with Gasteiger partial charge in [-0.05, 0) is 24.6 Å². The highest BCUT2D eigenvalue weighted by molar-refractivity contribution is 9.10. The molecule has 0 saturated heterocycles. The first-order valence-corrected chi connectivity index (χ1v) is 6.45. The van der Waals surface area contributed by atoms with Crippen LogP contribution in [0, 0.1) is 0 Å². The number of carbonyl (C=O) groups is 3. The molecule has 0 aromatic heterocycles. The van der Waals surface area contributed by atoms with Crippen LogP contribution in [0.25, 0.3) is 0 Å². The lowest BCUT2D eigenvalue weighted by molar-refractivity contribution is -0.140. The molecule has 0 saturated carbocycles. The normalized spacial score (nSPS) is 11.4. The van der Waals surface area contributed by atoms with Crippen LogP contribution in [0.3, 0.4) is 0 Å². The van der Waals surface area contributed by atoms with Gasteiger partial charge < -0.3 is 20.8 Å². The number of benzene rings is 1. The van der Waals surface area contributed by atoms with Crippen LogP contribution in [0.2, 0.25) is 0 Å². The van der Waals surface area contributed by atoms with Crippen molar-refractivity contribution in [2.45, 2.75) is 18.9 Å². The first kappa shape index (κ1) is 16.0. The van der Waals surface area contributed by atoms with Crippen molar-refractivity contribution in [2.75, 3.05) is 5.32 Å². The first-order chi connectivity index (χ1) is 9.38. The van der Waals surface area contributed by atoms with E-state index in [0.29, 0.717) is 5.69 Å². The van der Waals surface area contributed by atoms with E-state index >= 15 is 0 Å². The van der Waals surface area contributed by atoms with Crippen LogP contribution < -0.4 is 10.6 Å². The third-order valence-electron chi connectivity index (χ3n) is 2.33. The van der Waals surface area contributed by atoms with Gasteiger partial charge in [0.1, 0.15) is 6.04 Å². The minimum absolute atomic E-state index is 0.184. The SMILES string of the molecule is O=C(O)CC[C@H](NC(=O)Nc1cccc(Br)c1)C(=O)O. The highest BCUT2D eigenvalue weighted by atomic mass is 79.9. The molecule has 1 aromatic rings. The Bertz CT molecular complexity index is 520. The smallest absolute Gasteiger partial charge is 0.326 e. The minimum atomic E-state index is -1.28. The summed E-state index contributed by atoms with van der Waals surface area (Å²) in [6.07, 6.45) is -0.523. The van der Waals surface area contributed by atoms with Crippen LogP contribution in [-0.2, 0) is 9.59 Å². The molecule has 7 nitrogen and oxygen atoms in total. The first-order valence-electron chi connectivity index (χ1n) is 5.66. The van der Waals surface area contributed by atoms with Gasteiger partial charge in [-0.1, -0.05) is 22.0 Å². The maximum Gasteiger partial charge on any atom is 0.326 e. The molecule has 0 aliphatic rings. The van der Waals surface area contributed by atoms with Gasteiger partial charge in [0.05, 0.1) is 0 Å². The molecular formula is C12H13BrN2O5. The quantitative estimate of drug-likeness (QED) is 0.628. The fourth-order valence-corrected chi connectivity index (χ4v) is 1.82. The Morgan fingerprint density at radius 1 is 1.25 bits per heavy atom. The summed E-state index contributed by atoms with van der Waals surface area (Å²) >= 11 is 3.24. The van der Waals surface area contributed by atoms with Gasteiger partial charge in [0.25, 0.3) is 0 Å². The summed E-state index contributed by atoms with van der Waals surface area (Å²) in [5, 5.41) is 22.1. The summed E-state index contributed by atoms with van der Waals surface area (Å²) in [6.45, 7) is 0. The molecule has 0 fully saturated rings. The molecule has 20 heavy (non-hydrogen) atoms. The largest absolute Gasteiger partial charge is 0.481 e. The number of anilines is 1. The topological polar surface area (TPSA) is 116 Å². The maximum atomic E-state index is 11.6. The lowest BCUT2D eigenvalue weighted by atomic mass is 10.1. The number of amides is 2. The Hall–Kier alpha value is -2.09. The summed E-state index contributed by atoms with van der Waals surface area (Å²) in [5.41, 5.74) is 0.485. The Morgan fingerprint density at radius 2 is 1.95 bits per heavy atom. The molecule has 2 amide bonds. The second-order valence-electron chi connectivity index (χ2n) is 3.93. The zero-order chi connectivity index (χ0) is 15.1. The number of nitrogens with one attached hydrogen (secondary N) is 2. The number of hydrogen-bond donors (Lipinski definition) is 4. The van der Waals surface area contributed by atoms with Crippen LogP contribution in [-0.4, -0.2) is 34.2 Å². The molecule has 0 heterocycles. The van der Waals surface area contributed by atoms with Crippen LogP contribution in [0.15, 0.2) is 28.7 Å². The summed E-state index contributed by atoms with van der Waals surface area (Å²) in [7, 11) is 0. The van der Waals surface area contributed by atoms with Gasteiger partial charge in [-0.25, -0.2) is 9.59 Å². The average molecular weight is 345 g/mol. The van der Waals surface area contributed by atoms with Crippen LogP contribution >= 0.6 is 15.9 Å². The number of carbonyl (C=O) groups excluding carboxylic acids is 1. The highest BCUT2D eigenvalue weighted by Crippen LogP contribution is 2.15. The van der Waals surface area contributed by atoms with Crippen molar-refractivity contribution in [3.63, 3.8) is 0 Å². The average Bonchev–Trinajstić information content (AvgIpc) is 2.33.